The number of carbonyl (C=O) groups is 2. The van der Waals surface area contributed by atoms with E-state index < -0.39 is 11.9 Å². The molecule has 0 aliphatic heterocycles. The molecule has 0 radical (unpaired) electrons. The van der Waals surface area contributed by atoms with Gasteiger partial charge in [-0.15, -0.1) is 0 Å². The van der Waals surface area contributed by atoms with Crippen LogP contribution in [0.4, 0.5) is 0 Å². The lowest BCUT2D eigenvalue weighted by atomic mass is 9.87. The fourth-order valence-electron chi connectivity index (χ4n) is 3.27. The topological polar surface area (TPSA) is 52.6 Å². The van der Waals surface area contributed by atoms with Crippen molar-refractivity contribution in [1.29, 1.82) is 0 Å². The third-order valence-electron chi connectivity index (χ3n) is 4.77. The molecule has 0 amide bonds. The van der Waals surface area contributed by atoms with Crippen molar-refractivity contribution in [3.05, 3.63) is 70.8 Å². The van der Waals surface area contributed by atoms with Crippen molar-refractivity contribution in [3.8, 4) is 11.5 Å². The minimum Gasteiger partial charge on any atom is -0.422 e. The molecule has 0 N–H and O–H groups in total. The van der Waals surface area contributed by atoms with Crippen molar-refractivity contribution in [3.63, 3.8) is 0 Å². The zero-order valence-electron chi connectivity index (χ0n) is 16.8. The number of rotatable bonds is 4. The number of aryl methyl sites for hydroxylation is 1. The average Bonchev–Trinajstić information content (AvgIpc) is 2.63. The third kappa shape index (κ3) is 3.63. The summed E-state index contributed by atoms with van der Waals surface area (Å²) in [5.41, 5.74) is 4.58. The second-order valence-corrected chi connectivity index (χ2v) is 7.44. The van der Waals surface area contributed by atoms with Gasteiger partial charge in [-0.3, -0.25) is 0 Å². The molecule has 2 aromatic carbocycles. The first kappa shape index (κ1) is 19.6. The van der Waals surface area contributed by atoms with Gasteiger partial charge in [0.2, 0.25) is 0 Å². The summed E-state index contributed by atoms with van der Waals surface area (Å²) in [6.45, 7) is 14.6. The van der Waals surface area contributed by atoms with Gasteiger partial charge in [-0.2, -0.15) is 0 Å². The number of carbonyl (C=O) groups excluding carboxylic acids is 2. The molecule has 0 spiro atoms. The standard InChI is InChI=1S/C24H24O4/c1-13(2)23(25)27-21-17-9-7-15(5)11-19(17)22(28-24(26)14(3)4)20-12-16(6)8-10-18(20)21/h7-9,11H,1,3,10,12H2,2,4-6H3. The molecule has 0 aromatic heterocycles. The predicted octanol–water partition coefficient (Wildman–Crippen LogP) is 5.16. The van der Waals surface area contributed by atoms with Crippen LogP contribution in [0.3, 0.4) is 0 Å². The van der Waals surface area contributed by atoms with E-state index in [-0.39, 0.29) is 0 Å². The molecule has 0 fully saturated rings. The molecule has 0 unspecified atom stereocenters. The molecular formula is C24H24O4. The Morgan fingerprint density at radius 3 is 2.04 bits per heavy atom. The van der Waals surface area contributed by atoms with Crippen LogP contribution in [0.5, 0.6) is 11.5 Å². The van der Waals surface area contributed by atoms with Gasteiger partial charge < -0.3 is 9.47 Å². The molecule has 28 heavy (non-hydrogen) atoms. The van der Waals surface area contributed by atoms with Crippen molar-refractivity contribution in [2.75, 3.05) is 0 Å². The second kappa shape index (κ2) is 7.47. The summed E-state index contributed by atoms with van der Waals surface area (Å²) in [6.07, 6.45) is 3.32. The maximum Gasteiger partial charge on any atom is 0.338 e. The van der Waals surface area contributed by atoms with Crippen LogP contribution in [-0.2, 0) is 22.4 Å². The molecule has 2 aromatic rings. The van der Waals surface area contributed by atoms with E-state index in [4.69, 9.17) is 9.47 Å². The van der Waals surface area contributed by atoms with Crippen LogP contribution in [0.2, 0.25) is 0 Å². The molecule has 1 aliphatic carbocycles. The fourth-order valence-corrected chi connectivity index (χ4v) is 3.27. The number of fused-ring (bicyclic) bond motifs is 2. The van der Waals surface area contributed by atoms with Gasteiger partial charge in [-0.1, -0.05) is 42.5 Å². The van der Waals surface area contributed by atoms with E-state index >= 15 is 0 Å². The Bertz CT molecular complexity index is 1070. The van der Waals surface area contributed by atoms with Crippen molar-refractivity contribution >= 4 is 22.7 Å². The van der Waals surface area contributed by atoms with Crippen LogP contribution < -0.4 is 9.47 Å². The predicted molar refractivity (Wildman–Crippen MR) is 111 cm³/mol. The number of hydrogen-bond acceptors (Lipinski definition) is 4. The van der Waals surface area contributed by atoms with Crippen LogP contribution in [-0.4, -0.2) is 11.9 Å². The van der Waals surface area contributed by atoms with Gasteiger partial charge in [-0.25, -0.2) is 9.59 Å². The van der Waals surface area contributed by atoms with Crippen molar-refractivity contribution < 1.29 is 19.1 Å². The van der Waals surface area contributed by atoms with E-state index in [2.05, 4.69) is 19.2 Å². The monoisotopic (exact) mass is 376 g/mol. The Hall–Kier alpha value is -3.14. The van der Waals surface area contributed by atoms with E-state index in [9.17, 15) is 9.59 Å². The van der Waals surface area contributed by atoms with Gasteiger partial charge in [0.1, 0.15) is 11.5 Å². The molecule has 0 atom stereocenters. The summed E-state index contributed by atoms with van der Waals surface area (Å²) in [5, 5.41) is 1.48. The van der Waals surface area contributed by atoms with Crippen LogP contribution in [0.15, 0.2) is 54.2 Å². The number of allylic oxidation sites excluding steroid dienone is 2. The summed E-state index contributed by atoms with van der Waals surface area (Å²) >= 11 is 0. The number of ether oxygens (including phenoxy) is 2. The van der Waals surface area contributed by atoms with Crippen LogP contribution in [0, 0.1) is 6.92 Å². The number of esters is 2. The minimum atomic E-state index is -0.470. The zero-order valence-corrected chi connectivity index (χ0v) is 16.8. The van der Waals surface area contributed by atoms with Gasteiger partial charge >= 0.3 is 11.9 Å². The van der Waals surface area contributed by atoms with E-state index in [1.807, 2.05) is 32.0 Å². The van der Waals surface area contributed by atoms with Gasteiger partial charge in [0.15, 0.2) is 0 Å². The SMILES string of the molecule is C=C(C)C(=O)Oc1c2c(c(OC(=O)C(=C)C)c3cc(C)ccc13)CC(C)=CC2. The maximum atomic E-state index is 12.3. The molecule has 0 saturated heterocycles. The molecule has 0 bridgehead atoms. The highest BCUT2D eigenvalue weighted by atomic mass is 16.5. The van der Waals surface area contributed by atoms with Gasteiger partial charge in [0.05, 0.1) is 0 Å². The van der Waals surface area contributed by atoms with E-state index in [0.29, 0.717) is 35.5 Å². The summed E-state index contributed by atoms with van der Waals surface area (Å²) in [6, 6.07) is 5.79. The number of benzene rings is 2. The minimum absolute atomic E-state index is 0.328. The van der Waals surface area contributed by atoms with Crippen molar-refractivity contribution in [2.24, 2.45) is 0 Å². The molecule has 4 nitrogen and oxygen atoms in total. The van der Waals surface area contributed by atoms with Crippen molar-refractivity contribution in [2.45, 2.75) is 40.5 Å². The Kier molecular flexibility index (Phi) is 5.23. The average molecular weight is 376 g/mol. The number of hydrogen-bond donors (Lipinski definition) is 0. The molecule has 0 saturated carbocycles. The van der Waals surface area contributed by atoms with Gasteiger partial charge in [0.25, 0.3) is 0 Å². The molecule has 0 heterocycles. The summed E-state index contributed by atoms with van der Waals surface area (Å²) in [5.74, 6) is 0.0899. The van der Waals surface area contributed by atoms with Crippen LogP contribution >= 0.6 is 0 Å². The Labute approximate surface area is 165 Å². The Balaban J connectivity index is 2.33. The fraction of sp³-hybridized carbons (Fsp3) is 0.250. The molecule has 144 valence electrons. The van der Waals surface area contributed by atoms with Crippen molar-refractivity contribution in [1.82, 2.24) is 0 Å². The smallest absolute Gasteiger partial charge is 0.338 e. The summed E-state index contributed by atoms with van der Waals surface area (Å²) < 4.78 is 11.5. The quantitative estimate of drug-likeness (QED) is 0.320. The van der Waals surface area contributed by atoms with E-state index in [1.165, 1.54) is 5.57 Å². The zero-order chi connectivity index (χ0) is 20.6. The lowest BCUT2D eigenvalue weighted by molar-refractivity contribution is -0.131. The molecule has 1 aliphatic rings. The lowest BCUT2D eigenvalue weighted by Gasteiger charge is -2.24. The maximum absolute atomic E-state index is 12.3. The van der Waals surface area contributed by atoms with Gasteiger partial charge in [0, 0.05) is 33.0 Å². The van der Waals surface area contributed by atoms with E-state index in [0.717, 1.165) is 27.5 Å². The van der Waals surface area contributed by atoms with E-state index in [1.54, 1.807) is 13.8 Å². The second-order valence-electron chi connectivity index (χ2n) is 7.44. The van der Waals surface area contributed by atoms with Crippen LogP contribution in [0.1, 0.15) is 37.5 Å². The summed E-state index contributed by atoms with van der Waals surface area (Å²) in [7, 11) is 0. The highest BCUT2D eigenvalue weighted by Gasteiger charge is 2.26. The largest absolute Gasteiger partial charge is 0.422 e. The molecule has 4 heteroatoms. The van der Waals surface area contributed by atoms with Gasteiger partial charge in [-0.05, 0) is 46.6 Å². The first-order valence-corrected chi connectivity index (χ1v) is 9.18. The third-order valence-corrected chi connectivity index (χ3v) is 4.77. The normalized spacial score (nSPS) is 12.8. The first-order chi connectivity index (χ1) is 13.2. The highest BCUT2D eigenvalue weighted by molar-refractivity contribution is 6.02. The summed E-state index contributed by atoms with van der Waals surface area (Å²) in [4.78, 5) is 24.6. The van der Waals surface area contributed by atoms with Crippen LogP contribution in [0.25, 0.3) is 10.8 Å². The Morgan fingerprint density at radius 2 is 1.46 bits per heavy atom. The Morgan fingerprint density at radius 1 is 0.893 bits per heavy atom. The highest BCUT2D eigenvalue weighted by Crippen LogP contribution is 2.44. The molecule has 3 rings (SSSR count). The molecular weight excluding hydrogens is 352 g/mol. The first-order valence-electron chi connectivity index (χ1n) is 9.18. The lowest BCUT2D eigenvalue weighted by Crippen LogP contribution is -2.16.